The summed E-state index contributed by atoms with van der Waals surface area (Å²) in [5.74, 6) is 2.50. The van der Waals surface area contributed by atoms with Crippen LogP contribution in [0.4, 0.5) is 0 Å². The van der Waals surface area contributed by atoms with Crippen molar-refractivity contribution >= 4 is 5.78 Å². The Labute approximate surface area is 68.2 Å². The molecule has 0 rings (SSSR count). The predicted octanol–water partition coefficient (Wildman–Crippen LogP) is 1.10. The number of terminal acetylenes is 1. The van der Waals surface area contributed by atoms with E-state index in [-0.39, 0.29) is 12.2 Å². The highest BCUT2D eigenvalue weighted by Crippen LogP contribution is 2.00. The maximum Gasteiger partial charge on any atom is 0.144 e. The van der Waals surface area contributed by atoms with Crippen LogP contribution in [0.25, 0.3) is 0 Å². The van der Waals surface area contributed by atoms with E-state index in [1.54, 1.807) is 0 Å². The standard InChI is InChI=1S/C9H15NO/c1-2-6-9(11)7-4-3-5-8-10/h1H,3-8,10H2. The number of ketones is 1. The second-order valence-corrected chi connectivity index (χ2v) is 2.52. The van der Waals surface area contributed by atoms with E-state index in [4.69, 9.17) is 12.2 Å². The van der Waals surface area contributed by atoms with Gasteiger partial charge in [0.05, 0.1) is 6.42 Å². The van der Waals surface area contributed by atoms with Crippen LogP contribution in [-0.2, 0) is 4.79 Å². The predicted molar refractivity (Wildman–Crippen MR) is 46.0 cm³/mol. The number of unbranched alkanes of at least 4 members (excludes halogenated alkanes) is 2. The minimum atomic E-state index is 0.171. The average molecular weight is 153 g/mol. The third-order valence-electron chi connectivity index (χ3n) is 1.46. The molecule has 0 aliphatic heterocycles. The molecule has 62 valence electrons. The van der Waals surface area contributed by atoms with Crippen LogP contribution in [0.3, 0.4) is 0 Å². The highest BCUT2D eigenvalue weighted by Gasteiger charge is 1.97. The monoisotopic (exact) mass is 153 g/mol. The Morgan fingerprint density at radius 1 is 1.36 bits per heavy atom. The fourth-order valence-corrected chi connectivity index (χ4v) is 0.846. The van der Waals surface area contributed by atoms with Gasteiger partial charge in [-0.05, 0) is 19.4 Å². The number of hydrogen-bond acceptors (Lipinski definition) is 2. The molecule has 0 amide bonds. The molecule has 0 aliphatic rings. The number of hydrogen-bond donors (Lipinski definition) is 1. The Balaban J connectivity index is 3.12. The van der Waals surface area contributed by atoms with Gasteiger partial charge in [-0.3, -0.25) is 4.79 Å². The molecule has 2 heteroatoms. The molecule has 0 aliphatic carbocycles. The van der Waals surface area contributed by atoms with Crippen LogP contribution in [0.1, 0.15) is 32.1 Å². The zero-order valence-corrected chi connectivity index (χ0v) is 6.81. The highest BCUT2D eigenvalue weighted by molar-refractivity contribution is 5.80. The van der Waals surface area contributed by atoms with E-state index < -0.39 is 0 Å². The summed E-state index contributed by atoms with van der Waals surface area (Å²) < 4.78 is 0. The summed E-state index contributed by atoms with van der Waals surface area (Å²) in [6, 6.07) is 0. The topological polar surface area (TPSA) is 43.1 Å². The van der Waals surface area contributed by atoms with Crippen LogP contribution in [0.15, 0.2) is 0 Å². The van der Waals surface area contributed by atoms with Gasteiger partial charge in [-0.1, -0.05) is 12.3 Å². The minimum Gasteiger partial charge on any atom is -0.330 e. The van der Waals surface area contributed by atoms with E-state index in [0.29, 0.717) is 13.0 Å². The van der Waals surface area contributed by atoms with Gasteiger partial charge in [0.1, 0.15) is 5.78 Å². The van der Waals surface area contributed by atoms with E-state index in [0.717, 1.165) is 19.3 Å². The van der Waals surface area contributed by atoms with Crippen molar-refractivity contribution in [3.8, 4) is 12.3 Å². The zero-order valence-electron chi connectivity index (χ0n) is 6.81. The molecule has 0 aromatic heterocycles. The van der Waals surface area contributed by atoms with Crippen molar-refractivity contribution in [1.82, 2.24) is 0 Å². The lowest BCUT2D eigenvalue weighted by Crippen LogP contribution is -2.00. The Morgan fingerprint density at radius 3 is 2.64 bits per heavy atom. The van der Waals surface area contributed by atoms with E-state index in [1.165, 1.54) is 0 Å². The fourth-order valence-electron chi connectivity index (χ4n) is 0.846. The zero-order chi connectivity index (χ0) is 8.53. The molecule has 0 saturated carbocycles. The molecule has 2 N–H and O–H groups in total. The van der Waals surface area contributed by atoms with Crippen LogP contribution in [0, 0.1) is 12.3 Å². The third kappa shape index (κ3) is 7.08. The van der Waals surface area contributed by atoms with E-state index in [9.17, 15) is 4.79 Å². The van der Waals surface area contributed by atoms with Gasteiger partial charge in [0, 0.05) is 6.42 Å². The van der Waals surface area contributed by atoms with Gasteiger partial charge in [-0.2, -0.15) is 0 Å². The summed E-state index contributed by atoms with van der Waals surface area (Å²) in [7, 11) is 0. The number of Topliss-reactive ketones (excluding diaryl/α,β-unsaturated/α-hetero) is 1. The molecule has 0 fully saturated rings. The Hall–Kier alpha value is -0.810. The second kappa shape index (κ2) is 7.30. The van der Waals surface area contributed by atoms with Crippen LogP contribution in [0.2, 0.25) is 0 Å². The third-order valence-corrected chi connectivity index (χ3v) is 1.46. The first-order chi connectivity index (χ1) is 5.31. The highest BCUT2D eigenvalue weighted by atomic mass is 16.1. The van der Waals surface area contributed by atoms with Crippen molar-refractivity contribution < 1.29 is 4.79 Å². The van der Waals surface area contributed by atoms with Gasteiger partial charge in [0.15, 0.2) is 0 Å². The summed E-state index contributed by atoms with van der Waals surface area (Å²) in [6.07, 6.45) is 8.83. The summed E-state index contributed by atoms with van der Waals surface area (Å²) in [6.45, 7) is 0.712. The smallest absolute Gasteiger partial charge is 0.144 e. The molecule has 11 heavy (non-hydrogen) atoms. The van der Waals surface area contributed by atoms with Gasteiger partial charge in [0.25, 0.3) is 0 Å². The molecule has 0 aromatic rings. The second-order valence-electron chi connectivity index (χ2n) is 2.52. The van der Waals surface area contributed by atoms with Crippen LogP contribution >= 0.6 is 0 Å². The number of carbonyl (C=O) groups is 1. The van der Waals surface area contributed by atoms with Crippen molar-refractivity contribution in [1.29, 1.82) is 0 Å². The van der Waals surface area contributed by atoms with Gasteiger partial charge in [-0.15, -0.1) is 6.42 Å². The lowest BCUT2D eigenvalue weighted by atomic mass is 10.1. The molecular formula is C9H15NO. The maximum absolute atomic E-state index is 10.8. The van der Waals surface area contributed by atoms with Crippen LogP contribution < -0.4 is 5.73 Å². The lowest BCUT2D eigenvalue weighted by Gasteiger charge is -1.95. The summed E-state index contributed by atoms with van der Waals surface area (Å²) in [5, 5.41) is 0. The molecule has 2 nitrogen and oxygen atoms in total. The first-order valence-corrected chi connectivity index (χ1v) is 3.96. The van der Waals surface area contributed by atoms with Crippen molar-refractivity contribution in [3.63, 3.8) is 0 Å². The summed E-state index contributed by atoms with van der Waals surface area (Å²) >= 11 is 0. The van der Waals surface area contributed by atoms with Crippen molar-refractivity contribution in [2.75, 3.05) is 6.54 Å². The lowest BCUT2D eigenvalue weighted by molar-refractivity contribution is -0.118. The van der Waals surface area contributed by atoms with Gasteiger partial charge in [-0.25, -0.2) is 0 Å². The molecule has 0 atom stereocenters. The van der Waals surface area contributed by atoms with Crippen LogP contribution in [0.5, 0.6) is 0 Å². The largest absolute Gasteiger partial charge is 0.330 e. The quantitative estimate of drug-likeness (QED) is 0.458. The maximum atomic E-state index is 10.8. The molecule has 0 aromatic carbocycles. The molecule has 0 heterocycles. The van der Waals surface area contributed by atoms with Gasteiger partial charge >= 0.3 is 0 Å². The number of rotatable bonds is 6. The van der Waals surface area contributed by atoms with Crippen molar-refractivity contribution in [2.24, 2.45) is 5.73 Å². The Morgan fingerprint density at radius 2 is 2.09 bits per heavy atom. The van der Waals surface area contributed by atoms with Crippen LogP contribution in [-0.4, -0.2) is 12.3 Å². The molecule has 0 saturated heterocycles. The molecule has 0 unspecified atom stereocenters. The molecule has 0 spiro atoms. The van der Waals surface area contributed by atoms with Gasteiger partial charge in [0.2, 0.25) is 0 Å². The van der Waals surface area contributed by atoms with Crippen molar-refractivity contribution in [2.45, 2.75) is 32.1 Å². The first-order valence-electron chi connectivity index (χ1n) is 3.96. The van der Waals surface area contributed by atoms with E-state index >= 15 is 0 Å². The van der Waals surface area contributed by atoms with Crippen molar-refractivity contribution in [3.05, 3.63) is 0 Å². The molecular weight excluding hydrogens is 138 g/mol. The number of nitrogens with two attached hydrogens (primary N) is 1. The molecule has 0 radical (unpaired) electrons. The van der Waals surface area contributed by atoms with E-state index in [1.807, 2.05) is 0 Å². The summed E-state index contributed by atoms with van der Waals surface area (Å²) in [4.78, 5) is 10.8. The number of carbonyl (C=O) groups excluding carboxylic acids is 1. The molecule has 0 bridgehead atoms. The first kappa shape index (κ1) is 10.2. The van der Waals surface area contributed by atoms with E-state index in [2.05, 4.69) is 5.92 Å². The summed E-state index contributed by atoms with van der Waals surface area (Å²) in [5.41, 5.74) is 5.29. The van der Waals surface area contributed by atoms with Gasteiger partial charge < -0.3 is 5.73 Å². The Kier molecular flexibility index (Phi) is 6.76. The Bertz CT molecular complexity index is 146. The minimum absolute atomic E-state index is 0.171. The SMILES string of the molecule is C#CCC(=O)CCCCCN. The normalized spacial score (nSPS) is 9.09. The fraction of sp³-hybridized carbons (Fsp3) is 0.667. The average Bonchev–Trinajstić information content (AvgIpc) is 1.99.